The highest BCUT2D eigenvalue weighted by atomic mass is 14.9. The number of hydrogen-bond donors (Lipinski definition) is 1. The molecule has 114 valence electrons. The lowest BCUT2D eigenvalue weighted by molar-refractivity contribution is 0.372. The van der Waals surface area contributed by atoms with Crippen molar-refractivity contribution < 1.29 is 0 Å². The number of benzene rings is 1. The van der Waals surface area contributed by atoms with Crippen molar-refractivity contribution in [3.63, 3.8) is 0 Å². The van der Waals surface area contributed by atoms with E-state index in [1.54, 1.807) is 0 Å². The predicted molar refractivity (Wildman–Crippen MR) is 90.4 cm³/mol. The van der Waals surface area contributed by atoms with Crippen molar-refractivity contribution in [2.45, 2.75) is 72.3 Å². The summed E-state index contributed by atoms with van der Waals surface area (Å²) in [7, 11) is 0. The van der Waals surface area contributed by atoms with E-state index in [0.29, 0.717) is 0 Å². The van der Waals surface area contributed by atoms with Crippen LogP contribution in [0, 0.1) is 5.92 Å². The summed E-state index contributed by atoms with van der Waals surface area (Å²) in [6, 6.07) is 9.16. The van der Waals surface area contributed by atoms with E-state index in [1.165, 1.54) is 24.0 Å². The van der Waals surface area contributed by atoms with Crippen molar-refractivity contribution in [2.75, 3.05) is 6.54 Å². The minimum Gasteiger partial charge on any atom is -0.312 e. The molecule has 1 aromatic carbocycles. The second-order valence-corrected chi connectivity index (χ2v) is 8.22. The quantitative estimate of drug-likeness (QED) is 0.802. The van der Waals surface area contributed by atoms with Crippen molar-refractivity contribution in [3.05, 3.63) is 35.4 Å². The SMILES string of the molecule is CC(CCc1ccc(C(C)(C)C)cc1)CNC(C)(C)C. The fourth-order valence-corrected chi connectivity index (χ4v) is 2.17. The smallest absolute Gasteiger partial charge is 0.00966 e. The van der Waals surface area contributed by atoms with Gasteiger partial charge in [-0.3, -0.25) is 0 Å². The molecule has 1 rings (SSSR count). The highest BCUT2D eigenvalue weighted by Gasteiger charge is 2.13. The molecule has 1 atom stereocenters. The first-order valence-electron chi connectivity index (χ1n) is 7.92. The number of aryl methyl sites for hydroxylation is 1. The third-order valence-electron chi connectivity index (χ3n) is 3.73. The first-order valence-corrected chi connectivity index (χ1v) is 7.92. The predicted octanol–water partition coefficient (Wildman–Crippen LogP) is 4.94. The minimum absolute atomic E-state index is 0.225. The maximum Gasteiger partial charge on any atom is 0.00966 e. The molecule has 1 heteroatoms. The van der Waals surface area contributed by atoms with Crippen LogP contribution in [0.1, 0.15) is 66.0 Å². The summed E-state index contributed by atoms with van der Waals surface area (Å²) < 4.78 is 0. The molecule has 20 heavy (non-hydrogen) atoms. The van der Waals surface area contributed by atoms with Crippen LogP contribution in [-0.4, -0.2) is 12.1 Å². The molecule has 0 spiro atoms. The molecule has 0 amide bonds. The van der Waals surface area contributed by atoms with Crippen LogP contribution in [0.15, 0.2) is 24.3 Å². The van der Waals surface area contributed by atoms with Gasteiger partial charge >= 0.3 is 0 Å². The van der Waals surface area contributed by atoms with Crippen LogP contribution in [0.4, 0.5) is 0 Å². The van der Waals surface area contributed by atoms with Gasteiger partial charge in [-0.25, -0.2) is 0 Å². The van der Waals surface area contributed by atoms with Gasteiger partial charge in [0.1, 0.15) is 0 Å². The van der Waals surface area contributed by atoms with E-state index in [1.807, 2.05) is 0 Å². The Morgan fingerprint density at radius 3 is 1.95 bits per heavy atom. The summed E-state index contributed by atoms with van der Waals surface area (Å²) in [6.07, 6.45) is 2.43. The van der Waals surface area contributed by atoms with Crippen LogP contribution in [0.3, 0.4) is 0 Å². The molecule has 0 bridgehead atoms. The van der Waals surface area contributed by atoms with Gasteiger partial charge in [-0.05, 0) is 62.6 Å². The minimum atomic E-state index is 0.225. The molecule has 1 unspecified atom stereocenters. The van der Waals surface area contributed by atoms with Crippen LogP contribution in [0.25, 0.3) is 0 Å². The van der Waals surface area contributed by atoms with Crippen LogP contribution in [-0.2, 0) is 11.8 Å². The molecule has 0 fully saturated rings. The zero-order valence-corrected chi connectivity index (χ0v) is 14.5. The molecule has 0 aromatic heterocycles. The molecule has 1 nitrogen and oxygen atoms in total. The number of rotatable bonds is 5. The Morgan fingerprint density at radius 1 is 0.950 bits per heavy atom. The molecule has 1 aromatic rings. The Bertz CT molecular complexity index is 389. The second-order valence-electron chi connectivity index (χ2n) is 8.22. The van der Waals surface area contributed by atoms with E-state index in [0.717, 1.165) is 12.5 Å². The fraction of sp³-hybridized carbons (Fsp3) is 0.684. The average Bonchev–Trinajstić information content (AvgIpc) is 2.32. The molecule has 0 aliphatic heterocycles. The Hall–Kier alpha value is -0.820. The van der Waals surface area contributed by atoms with Gasteiger partial charge in [-0.15, -0.1) is 0 Å². The summed E-state index contributed by atoms with van der Waals surface area (Å²) in [5.74, 6) is 0.719. The fourth-order valence-electron chi connectivity index (χ4n) is 2.17. The van der Waals surface area contributed by atoms with Crippen LogP contribution < -0.4 is 5.32 Å². The van der Waals surface area contributed by atoms with E-state index >= 15 is 0 Å². The highest BCUT2D eigenvalue weighted by Crippen LogP contribution is 2.22. The molecular weight excluding hydrogens is 242 g/mol. The summed E-state index contributed by atoms with van der Waals surface area (Å²) in [6.45, 7) is 16.9. The lowest BCUT2D eigenvalue weighted by Crippen LogP contribution is -2.38. The van der Waals surface area contributed by atoms with E-state index in [9.17, 15) is 0 Å². The summed E-state index contributed by atoms with van der Waals surface area (Å²) in [5.41, 5.74) is 3.36. The first kappa shape index (κ1) is 17.2. The molecule has 0 aliphatic rings. The maximum absolute atomic E-state index is 3.59. The maximum atomic E-state index is 3.59. The van der Waals surface area contributed by atoms with E-state index in [-0.39, 0.29) is 11.0 Å². The van der Waals surface area contributed by atoms with Crippen LogP contribution >= 0.6 is 0 Å². The summed E-state index contributed by atoms with van der Waals surface area (Å²) in [5, 5.41) is 3.59. The molecule has 0 saturated carbocycles. The molecule has 1 N–H and O–H groups in total. The molecular formula is C19H33N. The Labute approximate surface area is 126 Å². The van der Waals surface area contributed by atoms with Crippen molar-refractivity contribution in [1.82, 2.24) is 5.32 Å². The molecule has 0 saturated heterocycles. The van der Waals surface area contributed by atoms with E-state index in [4.69, 9.17) is 0 Å². The van der Waals surface area contributed by atoms with Crippen molar-refractivity contribution in [1.29, 1.82) is 0 Å². The zero-order chi connectivity index (χ0) is 15.4. The first-order chi connectivity index (χ1) is 9.08. The molecule has 0 aliphatic carbocycles. The number of nitrogens with one attached hydrogen (secondary N) is 1. The third-order valence-corrected chi connectivity index (χ3v) is 3.73. The van der Waals surface area contributed by atoms with Crippen molar-refractivity contribution >= 4 is 0 Å². The Kier molecular flexibility index (Phi) is 5.82. The Balaban J connectivity index is 2.42. The average molecular weight is 275 g/mol. The topological polar surface area (TPSA) is 12.0 Å². The standard InChI is InChI=1S/C19H33N/c1-15(14-20-19(5,6)7)8-9-16-10-12-17(13-11-16)18(2,3)4/h10-13,15,20H,8-9,14H2,1-7H3. The lowest BCUT2D eigenvalue weighted by atomic mass is 9.86. The van der Waals surface area contributed by atoms with Gasteiger partial charge in [0, 0.05) is 5.54 Å². The summed E-state index contributed by atoms with van der Waals surface area (Å²) >= 11 is 0. The molecule has 0 heterocycles. The van der Waals surface area contributed by atoms with Gasteiger partial charge in [0.25, 0.3) is 0 Å². The van der Waals surface area contributed by atoms with Crippen molar-refractivity contribution in [2.24, 2.45) is 5.92 Å². The van der Waals surface area contributed by atoms with Crippen LogP contribution in [0.2, 0.25) is 0 Å². The second kappa shape index (κ2) is 6.76. The normalized spacial score (nSPS) is 14.3. The van der Waals surface area contributed by atoms with Gasteiger partial charge in [-0.2, -0.15) is 0 Å². The third kappa shape index (κ3) is 6.56. The van der Waals surface area contributed by atoms with Gasteiger partial charge in [0.05, 0.1) is 0 Å². The van der Waals surface area contributed by atoms with Crippen LogP contribution in [0.5, 0.6) is 0 Å². The summed E-state index contributed by atoms with van der Waals surface area (Å²) in [4.78, 5) is 0. The van der Waals surface area contributed by atoms with Gasteiger partial charge in [0.15, 0.2) is 0 Å². The van der Waals surface area contributed by atoms with E-state index in [2.05, 4.69) is 78.0 Å². The lowest BCUT2D eigenvalue weighted by Gasteiger charge is -2.23. The molecule has 0 radical (unpaired) electrons. The van der Waals surface area contributed by atoms with Gasteiger partial charge in [0.2, 0.25) is 0 Å². The largest absolute Gasteiger partial charge is 0.312 e. The van der Waals surface area contributed by atoms with E-state index < -0.39 is 0 Å². The Morgan fingerprint density at radius 2 is 1.50 bits per heavy atom. The number of hydrogen-bond acceptors (Lipinski definition) is 1. The highest BCUT2D eigenvalue weighted by molar-refractivity contribution is 5.27. The van der Waals surface area contributed by atoms with Gasteiger partial charge in [-0.1, -0.05) is 52.0 Å². The monoisotopic (exact) mass is 275 g/mol. The zero-order valence-electron chi connectivity index (χ0n) is 14.5. The van der Waals surface area contributed by atoms with Gasteiger partial charge < -0.3 is 5.32 Å². The van der Waals surface area contributed by atoms with Crippen molar-refractivity contribution in [3.8, 4) is 0 Å².